The first-order valence-corrected chi connectivity index (χ1v) is 7.44. The van der Waals surface area contributed by atoms with Crippen LogP contribution < -0.4 is 10.5 Å². The Hall–Kier alpha value is -1.21. The van der Waals surface area contributed by atoms with Crippen LogP contribution in [0.3, 0.4) is 0 Å². The lowest BCUT2D eigenvalue weighted by atomic mass is 10.0. The van der Waals surface area contributed by atoms with Gasteiger partial charge in [-0.15, -0.1) is 0 Å². The molecule has 0 aromatic heterocycles. The molecule has 0 amide bonds. The quantitative estimate of drug-likeness (QED) is 0.818. The van der Waals surface area contributed by atoms with E-state index in [9.17, 15) is 17.2 Å². The number of hydrogen-bond acceptors (Lipinski definition) is 3. The number of halogens is 2. The van der Waals surface area contributed by atoms with Gasteiger partial charge in [-0.3, -0.25) is 0 Å². The van der Waals surface area contributed by atoms with Crippen LogP contribution in [0, 0.1) is 17.6 Å². The highest BCUT2D eigenvalue weighted by atomic mass is 32.2. The molecule has 108 valence electrons. The topological polar surface area (TPSA) is 72.2 Å². The predicted molar refractivity (Wildman–Crippen MR) is 70.0 cm³/mol. The van der Waals surface area contributed by atoms with Gasteiger partial charge in [0.2, 0.25) is 10.0 Å². The molecule has 0 aliphatic carbocycles. The van der Waals surface area contributed by atoms with E-state index < -0.39 is 32.2 Å². The zero-order valence-electron chi connectivity index (χ0n) is 11.1. The van der Waals surface area contributed by atoms with Crippen LogP contribution in [-0.4, -0.2) is 14.5 Å². The van der Waals surface area contributed by atoms with E-state index in [0.29, 0.717) is 12.5 Å². The molecule has 4 nitrogen and oxygen atoms in total. The molecular weight excluding hydrogens is 274 g/mol. The number of benzene rings is 1. The molecular formula is C12H18F2N2O2S. The standard InChI is InChI=1S/C12H18F2N2O2S/c1-4-11(7(2)3)16-19(17,18)12-6-10(15)8(13)5-9(12)14/h5-7,11,16H,4,15H2,1-3H3. The molecule has 0 aliphatic heterocycles. The molecule has 0 aliphatic rings. The molecule has 0 radical (unpaired) electrons. The maximum absolute atomic E-state index is 13.6. The Bertz CT molecular complexity index is 559. The van der Waals surface area contributed by atoms with Crippen LogP contribution in [0.15, 0.2) is 17.0 Å². The second-order valence-electron chi connectivity index (χ2n) is 4.68. The van der Waals surface area contributed by atoms with E-state index in [1.54, 1.807) is 0 Å². The Morgan fingerprint density at radius 3 is 2.32 bits per heavy atom. The molecule has 1 rings (SSSR count). The number of sulfonamides is 1. The number of nitrogens with one attached hydrogen (secondary N) is 1. The zero-order chi connectivity index (χ0) is 14.8. The highest BCUT2D eigenvalue weighted by molar-refractivity contribution is 7.89. The summed E-state index contributed by atoms with van der Waals surface area (Å²) in [5.41, 5.74) is 4.87. The Morgan fingerprint density at radius 2 is 1.84 bits per heavy atom. The average Bonchev–Trinajstić information content (AvgIpc) is 2.30. The van der Waals surface area contributed by atoms with E-state index in [4.69, 9.17) is 5.73 Å². The van der Waals surface area contributed by atoms with E-state index >= 15 is 0 Å². The van der Waals surface area contributed by atoms with Gasteiger partial charge in [-0.2, -0.15) is 0 Å². The maximum atomic E-state index is 13.6. The van der Waals surface area contributed by atoms with Gasteiger partial charge in [0.1, 0.15) is 16.5 Å². The molecule has 19 heavy (non-hydrogen) atoms. The molecule has 0 spiro atoms. The van der Waals surface area contributed by atoms with Crippen LogP contribution in [0.2, 0.25) is 0 Å². The van der Waals surface area contributed by atoms with Gasteiger partial charge in [-0.1, -0.05) is 20.8 Å². The first kappa shape index (κ1) is 15.8. The third-order valence-corrected chi connectivity index (χ3v) is 4.40. The lowest BCUT2D eigenvalue weighted by Crippen LogP contribution is -2.38. The summed E-state index contributed by atoms with van der Waals surface area (Å²) in [6.45, 7) is 5.53. The van der Waals surface area contributed by atoms with Gasteiger partial charge in [-0.05, 0) is 18.4 Å². The molecule has 7 heteroatoms. The summed E-state index contributed by atoms with van der Waals surface area (Å²) >= 11 is 0. The molecule has 1 aromatic rings. The number of rotatable bonds is 5. The number of nitrogen functional groups attached to an aromatic ring is 1. The Labute approximate surface area is 112 Å². The predicted octanol–water partition coefficient (Wildman–Crippen LogP) is 2.26. The van der Waals surface area contributed by atoms with Gasteiger partial charge in [-0.25, -0.2) is 21.9 Å². The third kappa shape index (κ3) is 3.63. The molecule has 0 saturated heterocycles. The van der Waals surface area contributed by atoms with E-state index in [1.807, 2.05) is 20.8 Å². The van der Waals surface area contributed by atoms with Crippen LogP contribution in [0.1, 0.15) is 27.2 Å². The summed E-state index contributed by atoms with van der Waals surface area (Å²) in [7, 11) is -4.06. The van der Waals surface area contributed by atoms with Crippen molar-refractivity contribution in [2.45, 2.75) is 38.1 Å². The van der Waals surface area contributed by atoms with Gasteiger partial charge in [0, 0.05) is 12.1 Å². The minimum Gasteiger partial charge on any atom is -0.396 e. The van der Waals surface area contributed by atoms with Crippen molar-refractivity contribution in [2.24, 2.45) is 5.92 Å². The molecule has 0 saturated carbocycles. The minimum atomic E-state index is -4.06. The molecule has 0 bridgehead atoms. The summed E-state index contributed by atoms with van der Waals surface area (Å²) in [6, 6.07) is 0.941. The van der Waals surface area contributed by atoms with Crippen LogP contribution in [0.5, 0.6) is 0 Å². The van der Waals surface area contributed by atoms with Crippen LogP contribution >= 0.6 is 0 Å². The largest absolute Gasteiger partial charge is 0.396 e. The molecule has 0 heterocycles. The summed E-state index contributed by atoms with van der Waals surface area (Å²) in [5, 5.41) is 0. The van der Waals surface area contributed by atoms with Crippen molar-refractivity contribution in [3.05, 3.63) is 23.8 Å². The fourth-order valence-corrected chi connectivity index (χ4v) is 3.27. The minimum absolute atomic E-state index is 0.0561. The Morgan fingerprint density at radius 1 is 1.26 bits per heavy atom. The molecule has 1 atom stereocenters. The fourth-order valence-electron chi connectivity index (χ4n) is 1.70. The van der Waals surface area contributed by atoms with Crippen molar-refractivity contribution >= 4 is 15.7 Å². The van der Waals surface area contributed by atoms with Crippen LogP contribution in [0.25, 0.3) is 0 Å². The van der Waals surface area contributed by atoms with Crippen molar-refractivity contribution in [3.63, 3.8) is 0 Å². The average molecular weight is 292 g/mol. The van der Waals surface area contributed by atoms with Gasteiger partial charge < -0.3 is 5.73 Å². The van der Waals surface area contributed by atoms with Crippen molar-refractivity contribution < 1.29 is 17.2 Å². The third-order valence-electron chi connectivity index (χ3n) is 2.89. The smallest absolute Gasteiger partial charge is 0.243 e. The normalized spacial score (nSPS) is 13.8. The second kappa shape index (κ2) is 5.83. The molecule has 1 aromatic carbocycles. The van der Waals surface area contributed by atoms with Crippen LogP contribution in [0.4, 0.5) is 14.5 Å². The van der Waals surface area contributed by atoms with E-state index in [1.165, 1.54) is 0 Å². The summed E-state index contributed by atoms with van der Waals surface area (Å²) < 4.78 is 53.1. The highest BCUT2D eigenvalue weighted by Crippen LogP contribution is 2.22. The Balaban J connectivity index is 3.17. The fraction of sp³-hybridized carbons (Fsp3) is 0.500. The summed E-state index contributed by atoms with van der Waals surface area (Å²) in [6.07, 6.45) is 0.565. The Kier molecular flexibility index (Phi) is 4.86. The lowest BCUT2D eigenvalue weighted by molar-refractivity contribution is 0.435. The maximum Gasteiger partial charge on any atom is 0.243 e. The van der Waals surface area contributed by atoms with Crippen molar-refractivity contribution in [1.29, 1.82) is 0 Å². The molecule has 1 unspecified atom stereocenters. The van der Waals surface area contributed by atoms with E-state index in [2.05, 4.69) is 4.72 Å². The van der Waals surface area contributed by atoms with Crippen molar-refractivity contribution in [3.8, 4) is 0 Å². The summed E-state index contributed by atoms with van der Waals surface area (Å²) in [4.78, 5) is -0.634. The first-order valence-electron chi connectivity index (χ1n) is 5.95. The van der Waals surface area contributed by atoms with Gasteiger partial charge in [0.25, 0.3) is 0 Å². The number of hydrogen-bond donors (Lipinski definition) is 2. The van der Waals surface area contributed by atoms with E-state index in [-0.39, 0.29) is 12.0 Å². The zero-order valence-corrected chi connectivity index (χ0v) is 11.9. The first-order chi connectivity index (χ1) is 8.69. The highest BCUT2D eigenvalue weighted by Gasteiger charge is 2.25. The lowest BCUT2D eigenvalue weighted by Gasteiger charge is -2.20. The SMILES string of the molecule is CCC(NS(=O)(=O)c1cc(N)c(F)cc1F)C(C)C. The second-order valence-corrected chi connectivity index (χ2v) is 6.37. The molecule has 3 N–H and O–H groups in total. The number of nitrogens with two attached hydrogens (primary N) is 1. The van der Waals surface area contributed by atoms with Crippen molar-refractivity contribution in [2.75, 3.05) is 5.73 Å². The monoisotopic (exact) mass is 292 g/mol. The van der Waals surface area contributed by atoms with Crippen LogP contribution in [-0.2, 0) is 10.0 Å². The van der Waals surface area contributed by atoms with E-state index in [0.717, 1.165) is 6.07 Å². The van der Waals surface area contributed by atoms with Crippen molar-refractivity contribution in [1.82, 2.24) is 4.72 Å². The van der Waals surface area contributed by atoms with Gasteiger partial charge in [0.15, 0.2) is 0 Å². The van der Waals surface area contributed by atoms with Gasteiger partial charge in [0.05, 0.1) is 5.69 Å². The van der Waals surface area contributed by atoms with Gasteiger partial charge >= 0.3 is 0 Å². The molecule has 0 fully saturated rings. The summed E-state index contributed by atoms with van der Waals surface area (Å²) in [5.74, 6) is -2.08. The number of anilines is 1.